The first kappa shape index (κ1) is 14.1. The molecule has 1 saturated carbocycles. The first-order valence-electron chi connectivity index (χ1n) is 7.71. The molecule has 2 aliphatic carbocycles. The fraction of sp³-hybridized carbons (Fsp3) is 0.688. The van der Waals surface area contributed by atoms with Crippen LogP contribution in [0.15, 0.2) is 6.07 Å². The Morgan fingerprint density at radius 1 is 1.45 bits per heavy atom. The van der Waals surface area contributed by atoms with Crippen molar-refractivity contribution >= 4 is 17.2 Å². The van der Waals surface area contributed by atoms with Crippen molar-refractivity contribution in [3.8, 4) is 0 Å². The number of rotatable bonds is 3. The molecule has 110 valence electrons. The summed E-state index contributed by atoms with van der Waals surface area (Å²) in [6.07, 6.45) is 6.23. The standard InChI is InChI=1S/C16H23NO2S/c1-10-5-6-14-12(7-10)8-15(20-14)16(19)17-9-11-3-2-4-13(11)18/h8,10-11,13,18H,2-7,9H2,1H3,(H,17,19). The average molecular weight is 293 g/mol. The van der Waals surface area contributed by atoms with Gasteiger partial charge in [0, 0.05) is 17.3 Å². The molecule has 2 N–H and O–H groups in total. The van der Waals surface area contributed by atoms with Crippen molar-refractivity contribution in [3.05, 3.63) is 21.4 Å². The summed E-state index contributed by atoms with van der Waals surface area (Å²) in [6.45, 7) is 2.89. The third-order valence-corrected chi connectivity index (χ3v) is 5.93. The fourth-order valence-electron chi connectivity index (χ4n) is 3.38. The summed E-state index contributed by atoms with van der Waals surface area (Å²) in [7, 11) is 0. The van der Waals surface area contributed by atoms with Gasteiger partial charge in [-0.3, -0.25) is 4.79 Å². The van der Waals surface area contributed by atoms with Gasteiger partial charge in [0.05, 0.1) is 11.0 Å². The molecule has 0 saturated heterocycles. The van der Waals surface area contributed by atoms with Gasteiger partial charge in [0.1, 0.15) is 0 Å². The average Bonchev–Trinajstić information content (AvgIpc) is 3.01. The van der Waals surface area contributed by atoms with Gasteiger partial charge in [0.15, 0.2) is 0 Å². The summed E-state index contributed by atoms with van der Waals surface area (Å²) in [5.41, 5.74) is 1.37. The minimum Gasteiger partial charge on any atom is -0.393 e. The van der Waals surface area contributed by atoms with E-state index in [4.69, 9.17) is 0 Å². The van der Waals surface area contributed by atoms with Gasteiger partial charge < -0.3 is 10.4 Å². The minimum atomic E-state index is -0.229. The summed E-state index contributed by atoms with van der Waals surface area (Å²) < 4.78 is 0. The Morgan fingerprint density at radius 3 is 3.05 bits per heavy atom. The van der Waals surface area contributed by atoms with E-state index < -0.39 is 0 Å². The van der Waals surface area contributed by atoms with Crippen LogP contribution in [0.25, 0.3) is 0 Å². The molecule has 0 radical (unpaired) electrons. The number of aryl methyl sites for hydroxylation is 1. The van der Waals surface area contributed by atoms with E-state index in [1.807, 2.05) is 0 Å². The van der Waals surface area contributed by atoms with Gasteiger partial charge in [0.25, 0.3) is 5.91 Å². The molecule has 1 aromatic heterocycles. The summed E-state index contributed by atoms with van der Waals surface area (Å²) in [4.78, 5) is 14.5. The second-order valence-corrected chi connectivity index (χ2v) is 7.51. The zero-order valence-electron chi connectivity index (χ0n) is 12.0. The molecule has 3 atom stereocenters. The topological polar surface area (TPSA) is 49.3 Å². The third kappa shape index (κ3) is 2.91. The number of aliphatic hydroxyl groups is 1. The van der Waals surface area contributed by atoms with Gasteiger partial charge in [-0.05, 0) is 49.7 Å². The van der Waals surface area contributed by atoms with Crippen LogP contribution in [0.5, 0.6) is 0 Å². The smallest absolute Gasteiger partial charge is 0.261 e. The molecule has 1 aromatic rings. The molecule has 0 bridgehead atoms. The molecule has 1 fully saturated rings. The summed E-state index contributed by atoms with van der Waals surface area (Å²) in [6, 6.07) is 2.08. The monoisotopic (exact) mass is 293 g/mol. The quantitative estimate of drug-likeness (QED) is 0.900. The predicted octanol–water partition coefficient (Wildman–Crippen LogP) is 2.76. The maximum absolute atomic E-state index is 12.2. The molecule has 3 unspecified atom stereocenters. The highest BCUT2D eigenvalue weighted by Gasteiger charge is 2.26. The van der Waals surface area contributed by atoms with Crippen molar-refractivity contribution < 1.29 is 9.90 Å². The minimum absolute atomic E-state index is 0.0381. The van der Waals surface area contributed by atoms with Gasteiger partial charge in [-0.2, -0.15) is 0 Å². The van der Waals surface area contributed by atoms with Crippen molar-refractivity contribution in [1.82, 2.24) is 5.32 Å². The maximum Gasteiger partial charge on any atom is 0.261 e. The van der Waals surface area contributed by atoms with E-state index in [0.29, 0.717) is 6.54 Å². The molecule has 0 aliphatic heterocycles. The van der Waals surface area contributed by atoms with Crippen molar-refractivity contribution in [1.29, 1.82) is 0 Å². The number of thiophene rings is 1. The number of hydrogen-bond donors (Lipinski definition) is 2. The van der Waals surface area contributed by atoms with Gasteiger partial charge in [-0.15, -0.1) is 11.3 Å². The van der Waals surface area contributed by atoms with Crippen LogP contribution in [0, 0.1) is 11.8 Å². The van der Waals surface area contributed by atoms with E-state index in [9.17, 15) is 9.90 Å². The van der Waals surface area contributed by atoms with Crippen LogP contribution in [0.4, 0.5) is 0 Å². The number of nitrogens with one attached hydrogen (secondary N) is 1. The third-order valence-electron chi connectivity index (χ3n) is 4.70. The molecular weight excluding hydrogens is 270 g/mol. The van der Waals surface area contributed by atoms with Gasteiger partial charge in [-0.1, -0.05) is 13.3 Å². The van der Waals surface area contributed by atoms with Crippen molar-refractivity contribution in [2.75, 3.05) is 6.54 Å². The van der Waals surface area contributed by atoms with E-state index in [0.717, 1.165) is 42.9 Å². The van der Waals surface area contributed by atoms with Crippen molar-refractivity contribution in [3.63, 3.8) is 0 Å². The van der Waals surface area contributed by atoms with Crippen molar-refractivity contribution in [2.24, 2.45) is 11.8 Å². The predicted molar refractivity (Wildman–Crippen MR) is 81.2 cm³/mol. The largest absolute Gasteiger partial charge is 0.393 e. The van der Waals surface area contributed by atoms with E-state index in [1.165, 1.54) is 16.9 Å². The molecule has 3 rings (SSSR count). The lowest BCUT2D eigenvalue weighted by molar-refractivity contribution is 0.0920. The fourth-order valence-corrected chi connectivity index (χ4v) is 4.51. The molecule has 1 amide bonds. The van der Waals surface area contributed by atoms with Crippen molar-refractivity contribution in [2.45, 2.75) is 51.6 Å². The molecule has 0 spiro atoms. The maximum atomic E-state index is 12.2. The van der Waals surface area contributed by atoms with Crippen LogP contribution in [0.2, 0.25) is 0 Å². The van der Waals surface area contributed by atoms with E-state index >= 15 is 0 Å². The number of fused-ring (bicyclic) bond motifs is 1. The van der Waals surface area contributed by atoms with Crippen LogP contribution >= 0.6 is 11.3 Å². The normalized spacial score (nSPS) is 29.2. The summed E-state index contributed by atoms with van der Waals surface area (Å²) >= 11 is 1.65. The molecule has 4 heteroatoms. The van der Waals surface area contributed by atoms with Crippen LogP contribution in [0.3, 0.4) is 0 Å². The number of aliphatic hydroxyl groups excluding tert-OH is 1. The SMILES string of the molecule is CC1CCc2sc(C(=O)NCC3CCCC3O)cc2C1. The second-order valence-electron chi connectivity index (χ2n) is 6.38. The van der Waals surface area contributed by atoms with E-state index in [2.05, 4.69) is 18.3 Å². The van der Waals surface area contributed by atoms with Crippen LogP contribution in [-0.4, -0.2) is 23.7 Å². The Bertz CT molecular complexity index is 497. The van der Waals surface area contributed by atoms with Gasteiger partial charge in [0.2, 0.25) is 0 Å². The molecule has 1 heterocycles. The molecule has 3 nitrogen and oxygen atoms in total. The zero-order valence-corrected chi connectivity index (χ0v) is 12.8. The Labute approximate surface area is 124 Å². The van der Waals surface area contributed by atoms with Crippen LogP contribution in [0.1, 0.15) is 52.7 Å². The molecule has 0 aromatic carbocycles. The Morgan fingerprint density at radius 2 is 2.30 bits per heavy atom. The number of carbonyl (C=O) groups is 1. The molecule has 2 aliphatic rings. The zero-order chi connectivity index (χ0) is 14.1. The Balaban J connectivity index is 1.60. The van der Waals surface area contributed by atoms with E-state index in [-0.39, 0.29) is 17.9 Å². The molecule has 20 heavy (non-hydrogen) atoms. The highest BCUT2D eigenvalue weighted by molar-refractivity contribution is 7.14. The van der Waals surface area contributed by atoms with Crippen LogP contribution in [-0.2, 0) is 12.8 Å². The van der Waals surface area contributed by atoms with Gasteiger partial charge >= 0.3 is 0 Å². The van der Waals surface area contributed by atoms with E-state index in [1.54, 1.807) is 11.3 Å². The molecular formula is C16H23NO2S. The lowest BCUT2D eigenvalue weighted by Gasteiger charge is -2.16. The highest BCUT2D eigenvalue weighted by Crippen LogP contribution is 2.32. The Kier molecular flexibility index (Phi) is 4.13. The Hall–Kier alpha value is -0.870. The summed E-state index contributed by atoms with van der Waals surface area (Å²) in [5, 5.41) is 12.8. The van der Waals surface area contributed by atoms with Crippen LogP contribution < -0.4 is 5.32 Å². The highest BCUT2D eigenvalue weighted by atomic mass is 32.1. The van der Waals surface area contributed by atoms with Gasteiger partial charge in [-0.25, -0.2) is 0 Å². The first-order chi connectivity index (χ1) is 9.63. The lowest BCUT2D eigenvalue weighted by Crippen LogP contribution is -2.32. The number of amides is 1. The number of carbonyl (C=O) groups excluding carboxylic acids is 1. The summed E-state index contributed by atoms with van der Waals surface area (Å²) in [5.74, 6) is 1.02. The first-order valence-corrected chi connectivity index (χ1v) is 8.53. The lowest BCUT2D eigenvalue weighted by atomic mass is 9.90. The number of hydrogen-bond acceptors (Lipinski definition) is 3. The second kappa shape index (κ2) is 5.86.